The Bertz CT molecular complexity index is 683. The summed E-state index contributed by atoms with van der Waals surface area (Å²) in [5.41, 5.74) is 1.38. The van der Waals surface area contributed by atoms with E-state index in [1.807, 2.05) is 11.8 Å². The highest BCUT2D eigenvalue weighted by atomic mass is 35.5. The second-order valence-electron chi connectivity index (χ2n) is 6.77. The molecule has 0 bridgehead atoms. The molecule has 1 heterocycles. The van der Waals surface area contributed by atoms with Crippen LogP contribution >= 0.6 is 24.2 Å². The number of benzene rings is 2. The predicted octanol–water partition coefficient (Wildman–Crippen LogP) is 4.39. The fraction of sp³-hybridized carbons (Fsp3) is 0.476. The molecule has 0 atom stereocenters. The number of hydrogen-bond acceptors (Lipinski definition) is 3. The summed E-state index contributed by atoms with van der Waals surface area (Å²) in [7, 11) is 0. The first-order chi connectivity index (χ1) is 12.3. The van der Waals surface area contributed by atoms with E-state index >= 15 is 0 Å². The molecule has 0 saturated carbocycles. The molecule has 1 aliphatic rings. The van der Waals surface area contributed by atoms with Crippen LogP contribution in [0.1, 0.15) is 31.2 Å². The summed E-state index contributed by atoms with van der Waals surface area (Å²) in [4.78, 5) is 12.0. The fourth-order valence-corrected chi connectivity index (χ4v) is 4.32. The van der Waals surface area contributed by atoms with Gasteiger partial charge in [0.1, 0.15) is 0 Å². The van der Waals surface area contributed by atoms with Gasteiger partial charge in [-0.25, -0.2) is 0 Å². The van der Waals surface area contributed by atoms with Crippen molar-refractivity contribution in [3.63, 3.8) is 0 Å². The van der Waals surface area contributed by atoms with Crippen LogP contribution in [0.4, 0.5) is 0 Å². The monoisotopic (exact) mass is 392 g/mol. The highest BCUT2D eigenvalue weighted by Gasteiger charge is 2.14. The first-order valence-electron chi connectivity index (χ1n) is 9.35. The van der Waals surface area contributed by atoms with Crippen LogP contribution in [0.3, 0.4) is 0 Å². The van der Waals surface area contributed by atoms with Crippen molar-refractivity contribution >= 4 is 40.8 Å². The van der Waals surface area contributed by atoms with Gasteiger partial charge < -0.3 is 10.6 Å². The van der Waals surface area contributed by atoms with Crippen molar-refractivity contribution in [2.24, 2.45) is 5.92 Å². The Hall–Kier alpha value is -1.23. The molecule has 2 N–H and O–H groups in total. The van der Waals surface area contributed by atoms with Crippen molar-refractivity contribution in [2.75, 3.05) is 25.4 Å². The van der Waals surface area contributed by atoms with Crippen molar-refractivity contribution in [3.05, 3.63) is 48.0 Å². The van der Waals surface area contributed by atoms with E-state index in [1.54, 1.807) is 0 Å². The zero-order chi connectivity index (χ0) is 17.3. The van der Waals surface area contributed by atoms with Gasteiger partial charge >= 0.3 is 0 Å². The van der Waals surface area contributed by atoms with Crippen molar-refractivity contribution in [3.8, 4) is 0 Å². The number of amides is 1. The highest BCUT2D eigenvalue weighted by Crippen LogP contribution is 2.22. The molecule has 1 saturated heterocycles. The normalized spacial score (nSPS) is 14.8. The Morgan fingerprint density at radius 2 is 1.88 bits per heavy atom. The predicted molar refractivity (Wildman–Crippen MR) is 115 cm³/mol. The average Bonchev–Trinajstić information content (AvgIpc) is 2.67. The second kappa shape index (κ2) is 11.5. The molecule has 1 amide bonds. The molecule has 2 aromatic rings. The maximum absolute atomic E-state index is 12.0. The topological polar surface area (TPSA) is 41.1 Å². The molecule has 3 nitrogen and oxygen atoms in total. The number of hydrogen-bond donors (Lipinski definition) is 2. The third-order valence-corrected chi connectivity index (χ3v) is 5.95. The number of halogens is 1. The lowest BCUT2D eigenvalue weighted by Gasteiger charge is -2.22. The van der Waals surface area contributed by atoms with Gasteiger partial charge in [-0.3, -0.25) is 4.79 Å². The molecule has 26 heavy (non-hydrogen) atoms. The van der Waals surface area contributed by atoms with Crippen LogP contribution in [0.25, 0.3) is 10.8 Å². The van der Waals surface area contributed by atoms with E-state index in [0.29, 0.717) is 6.42 Å². The zero-order valence-corrected chi connectivity index (χ0v) is 16.8. The standard InChI is InChI=1S/C21H28N2OS.ClH/c24-21(9-8-17-10-12-22-13-11-17)23-14-15-25-16-19-6-3-5-18-4-1-2-7-20(18)19;/h1-7,17,22H,8-16H2,(H,23,24);1H. The molecule has 0 unspecified atom stereocenters. The largest absolute Gasteiger partial charge is 0.355 e. The quantitative estimate of drug-likeness (QED) is 0.654. The summed E-state index contributed by atoms with van der Waals surface area (Å²) in [6.07, 6.45) is 4.15. The van der Waals surface area contributed by atoms with Crippen LogP contribution in [0, 0.1) is 5.92 Å². The maximum atomic E-state index is 12.0. The van der Waals surface area contributed by atoms with Crippen LogP contribution in [0.15, 0.2) is 42.5 Å². The number of carbonyl (C=O) groups is 1. The Labute approximate surface area is 167 Å². The Morgan fingerprint density at radius 3 is 2.73 bits per heavy atom. The van der Waals surface area contributed by atoms with Gasteiger partial charge in [0.2, 0.25) is 5.91 Å². The lowest BCUT2D eigenvalue weighted by molar-refractivity contribution is -0.121. The number of rotatable bonds is 8. The molecule has 142 valence electrons. The van der Waals surface area contributed by atoms with E-state index in [0.717, 1.165) is 43.5 Å². The van der Waals surface area contributed by atoms with Crippen molar-refractivity contribution in [1.82, 2.24) is 10.6 Å². The number of thioether (sulfide) groups is 1. The minimum absolute atomic E-state index is 0. The first-order valence-corrected chi connectivity index (χ1v) is 10.5. The summed E-state index contributed by atoms with van der Waals surface area (Å²) in [5.74, 6) is 2.89. The van der Waals surface area contributed by atoms with Gasteiger partial charge in [0.15, 0.2) is 0 Å². The van der Waals surface area contributed by atoms with E-state index in [9.17, 15) is 4.79 Å². The van der Waals surface area contributed by atoms with E-state index in [1.165, 1.54) is 29.2 Å². The summed E-state index contributed by atoms with van der Waals surface area (Å²) < 4.78 is 0. The Kier molecular flexibility index (Phi) is 9.30. The minimum Gasteiger partial charge on any atom is -0.355 e. The number of nitrogens with one attached hydrogen (secondary N) is 2. The van der Waals surface area contributed by atoms with Gasteiger partial charge in [0.25, 0.3) is 0 Å². The average molecular weight is 393 g/mol. The van der Waals surface area contributed by atoms with Gasteiger partial charge in [-0.15, -0.1) is 12.4 Å². The van der Waals surface area contributed by atoms with Crippen LogP contribution in [0.2, 0.25) is 0 Å². The molecule has 5 heteroatoms. The third-order valence-electron chi connectivity index (χ3n) is 4.94. The smallest absolute Gasteiger partial charge is 0.220 e. The maximum Gasteiger partial charge on any atom is 0.220 e. The minimum atomic E-state index is 0. The van der Waals surface area contributed by atoms with Crippen molar-refractivity contribution in [2.45, 2.75) is 31.4 Å². The summed E-state index contributed by atoms with van der Waals surface area (Å²) in [6, 6.07) is 15.0. The summed E-state index contributed by atoms with van der Waals surface area (Å²) in [5, 5.41) is 9.08. The van der Waals surface area contributed by atoms with Crippen LogP contribution < -0.4 is 10.6 Å². The van der Waals surface area contributed by atoms with Gasteiger partial charge in [0, 0.05) is 24.5 Å². The Balaban J connectivity index is 0.00000243. The van der Waals surface area contributed by atoms with Crippen molar-refractivity contribution in [1.29, 1.82) is 0 Å². The molecule has 1 aliphatic heterocycles. The van der Waals surface area contributed by atoms with E-state index in [-0.39, 0.29) is 18.3 Å². The van der Waals surface area contributed by atoms with E-state index in [2.05, 4.69) is 53.1 Å². The third kappa shape index (κ3) is 6.49. The molecule has 0 aliphatic carbocycles. The molecular formula is C21H29ClN2OS. The molecule has 0 spiro atoms. The van der Waals surface area contributed by atoms with Crippen LogP contribution in [0.5, 0.6) is 0 Å². The van der Waals surface area contributed by atoms with E-state index < -0.39 is 0 Å². The Morgan fingerprint density at radius 1 is 1.12 bits per heavy atom. The van der Waals surface area contributed by atoms with Crippen LogP contribution in [-0.4, -0.2) is 31.3 Å². The van der Waals surface area contributed by atoms with Gasteiger partial charge in [0.05, 0.1) is 0 Å². The second-order valence-corrected chi connectivity index (χ2v) is 7.88. The number of piperidine rings is 1. The van der Waals surface area contributed by atoms with Gasteiger partial charge in [-0.05, 0) is 54.6 Å². The van der Waals surface area contributed by atoms with Gasteiger partial charge in [-0.1, -0.05) is 42.5 Å². The van der Waals surface area contributed by atoms with Crippen LogP contribution in [-0.2, 0) is 10.5 Å². The number of fused-ring (bicyclic) bond motifs is 1. The SMILES string of the molecule is Cl.O=C(CCC1CCNCC1)NCCSCc1cccc2ccccc12. The lowest BCUT2D eigenvalue weighted by atomic mass is 9.93. The summed E-state index contributed by atoms with van der Waals surface area (Å²) in [6.45, 7) is 2.98. The molecule has 0 radical (unpaired) electrons. The number of carbonyl (C=O) groups excluding carboxylic acids is 1. The molecule has 1 fully saturated rings. The van der Waals surface area contributed by atoms with Crippen molar-refractivity contribution < 1.29 is 4.79 Å². The molecule has 3 rings (SSSR count). The molecular weight excluding hydrogens is 364 g/mol. The highest BCUT2D eigenvalue weighted by molar-refractivity contribution is 7.98. The molecule has 2 aromatic carbocycles. The first kappa shape index (κ1) is 21.1. The zero-order valence-electron chi connectivity index (χ0n) is 15.2. The molecule has 0 aromatic heterocycles. The van der Waals surface area contributed by atoms with Gasteiger partial charge in [-0.2, -0.15) is 11.8 Å². The van der Waals surface area contributed by atoms with E-state index in [4.69, 9.17) is 0 Å². The summed E-state index contributed by atoms with van der Waals surface area (Å²) >= 11 is 1.89. The lowest BCUT2D eigenvalue weighted by Crippen LogP contribution is -2.30. The fourth-order valence-electron chi connectivity index (χ4n) is 3.46.